The van der Waals surface area contributed by atoms with Crippen molar-refractivity contribution >= 4 is 17.6 Å². The minimum atomic E-state index is -1.01. The maximum atomic E-state index is 12.3. The Hall–Kier alpha value is -3.02. The molecule has 2 aromatic rings. The van der Waals surface area contributed by atoms with Gasteiger partial charge in [0.1, 0.15) is 11.5 Å². The van der Waals surface area contributed by atoms with Gasteiger partial charge in [0.15, 0.2) is 6.10 Å². The molecule has 0 saturated carbocycles. The summed E-state index contributed by atoms with van der Waals surface area (Å²) in [5.41, 5.74) is 0.677. The van der Waals surface area contributed by atoms with Crippen LogP contribution in [0.3, 0.4) is 0 Å². The lowest BCUT2D eigenvalue weighted by molar-refractivity contribution is -0.122. The number of aromatic carboxylic acids is 1. The van der Waals surface area contributed by atoms with E-state index in [0.717, 1.165) is 0 Å². The minimum Gasteiger partial charge on any atom is -0.497 e. The van der Waals surface area contributed by atoms with Gasteiger partial charge in [-0.15, -0.1) is 0 Å². The smallest absolute Gasteiger partial charge is 0.335 e. The topological polar surface area (TPSA) is 84.9 Å². The van der Waals surface area contributed by atoms with Gasteiger partial charge in [-0.1, -0.05) is 6.92 Å². The zero-order valence-corrected chi connectivity index (χ0v) is 13.5. The average Bonchev–Trinajstić information content (AvgIpc) is 2.60. The van der Waals surface area contributed by atoms with Crippen LogP contribution in [-0.2, 0) is 4.79 Å². The number of carboxylic acid groups (broad SMARTS) is 1. The zero-order valence-electron chi connectivity index (χ0n) is 13.5. The van der Waals surface area contributed by atoms with Crippen LogP contribution in [0.4, 0.5) is 5.69 Å². The molecule has 0 fully saturated rings. The quantitative estimate of drug-likeness (QED) is 0.815. The fourth-order valence-corrected chi connectivity index (χ4v) is 2.06. The van der Waals surface area contributed by atoms with E-state index in [-0.39, 0.29) is 11.5 Å². The Labute approximate surface area is 140 Å². The number of nitrogens with one attached hydrogen (secondary N) is 1. The Balaban J connectivity index is 2.00. The van der Waals surface area contributed by atoms with Gasteiger partial charge in [-0.2, -0.15) is 0 Å². The van der Waals surface area contributed by atoms with E-state index in [1.54, 1.807) is 43.5 Å². The number of carbonyl (C=O) groups excluding carboxylic acids is 1. The summed E-state index contributed by atoms with van der Waals surface area (Å²) in [7, 11) is 1.58. The highest BCUT2D eigenvalue weighted by molar-refractivity contribution is 5.95. The van der Waals surface area contributed by atoms with Crippen LogP contribution in [0.15, 0.2) is 48.5 Å². The van der Waals surface area contributed by atoms with Crippen molar-refractivity contribution in [3.63, 3.8) is 0 Å². The molecule has 0 aliphatic carbocycles. The molecule has 0 aliphatic rings. The largest absolute Gasteiger partial charge is 0.497 e. The Morgan fingerprint density at radius 2 is 1.62 bits per heavy atom. The molecule has 0 radical (unpaired) electrons. The Morgan fingerprint density at radius 1 is 1.04 bits per heavy atom. The summed E-state index contributed by atoms with van der Waals surface area (Å²) in [5, 5.41) is 11.6. The molecule has 0 spiro atoms. The Kier molecular flexibility index (Phi) is 5.78. The Bertz CT molecular complexity index is 694. The summed E-state index contributed by atoms with van der Waals surface area (Å²) in [6.07, 6.45) is -0.164. The molecular weight excluding hydrogens is 310 g/mol. The number of hydrogen-bond donors (Lipinski definition) is 2. The van der Waals surface area contributed by atoms with Gasteiger partial charge in [0.05, 0.1) is 12.7 Å². The predicted octanol–water partition coefficient (Wildman–Crippen LogP) is 3.19. The summed E-state index contributed by atoms with van der Waals surface area (Å²) >= 11 is 0. The molecule has 6 heteroatoms. The number of anilines is 1. The highest BCUT2D eigenvalue weighted by Gasteiger charge is 2.18. The first-order chi connectivity index (χ1) is 11.5. The summed E-state index contributed by atoms with van der Waals surface area (Å²) in [6, 6.07) is 12.9. The molecule has 0 aromatic heterocycles. The number of carboxylic acids is 1. The van der Waals surface area contributed by atoms with E-state index in [1.165, 1.54) is 12.1 Å². The zero-order chi connectivity index (χ0) is 17.5. The van der Waals surface area contributed by atoms with Crippen molar-refractivity contribution in [3.05, 3.63) is 54.1 Å². The molecule has 0 aliphatic heterocycles. The lowest BCUT2D eigenvalue weighted by atomic mass is 10.2. The maximum absolute atomic E-state index is 12.3. The van der Waals surface area contributed by atoms with Crippen LogP contribution in [0.5, 0.6) is 11.5 Å². The number of ether oxygens (including phenoxy) is 2. The second-order valence-electron chi connectivity index (χ2n) is 5.06. The maximum Gasteiger partial charge on any atom is 0.335 e. The third-order valence-electron chi connectivity index (χ3n) is 3.40. The summed E-state index contributed by atoms with van der Waals surface area (Å²) in [6.45, 7) is 1.85. The molecule has 6 nitrogen and oxygen atoms in total. The van der Waals surface area contributed by atoms with E-state index >= 15 is 0 Å². The van der Waals surface area contributed by atoms with E-state index in [0.29, 0.717) is 23.6 Å². The van der Waals surface area contributed by atoms with Crippen LogP contribution in [0, 0.1) is 0 Å². The number of benzene rings is 2. The summed E-state index contributed by atoms with van der Waals surface area (Å²) < 4.78 is 10.8. The van der Waals surface area contributed by atoms with Gasteiger partial charge in [-0.3, -0.25) is 4.79 Å². The molecule has 24 heavy (non-hydrogen) atoms. The molecule has 0 bridgehead atoms. The summed E-state index contributed by atoms with van der Waals surface area (Å²) in [4.78, 5) is 23.1. The van der Waals surface area contributed by atoms with Crippen LogP contribution >= 0.6 is 0 Å². The van der Waals surface area contributed by atoms with Crippen LogP contribution < -0.4 is 14.8 Å². The molecule has 0 heterocycles. The van der Waals surface area contributed by atoms with Crippen LogP contribution in [-0.4, -0.2) is 30.2 Å². The molecule has 1 atom stereocenters. The SMILES string of the molecule is CC[C@H](Oc1ccc(OC)cc1)C(=O)Nc1ccc(C(=O)O)cc1. The second kappa shape index (κ2) is 8.01. The monoisotopic (exact) mass is 329 g/mol. The second-order valence-corrected chi connectivity index (χ2v) is 5.06. The Morgan fingerprint density at radius 3 is 2.12 bits per heavy atom. The van der Waals surface area contributed by atoms with Crippen LogP contribution in [0.2, 0.25) is 0 Å². The third kappa shape index (κ3) is 4.49. The van der Waals surface area contributed by atoms with E-state index in [9.17, 15) is 9.59 Å². The molecule has 0 saturated heterocycles. The van der Waals surface area contributed by atoms with Gasteiger partial charge in [0.2, 0.25) is 0 Å². The number of methoxy groups -OCH3 is 1. The first-order valence-corrected chi connectivity index (χ1v) is 7.48. The van der Waals surface area contributed by atoms with Crippen molar-refractivity contribution < 1.29 is 24.2 Å². The minimum absolute atomic E-state index is 0.162. The highest BCUT2D eigenvalue weighted by atomic mass is 16.5. The molecule has 2 N–H and O–H groups in total. The van der Waals surface area contributed by atoms with Crippen LogP contribution in [0.1, 0.15) is 23.7 Å². The number of hydrogen-bond acceptors (Lipinski definition) is 4. The van der Waals surface area contributed by atoms with Crippen LogP contribution in [0.25, 0.3) is 0 Å². The molecule has 0 unspecified atom stereocenters. The lowest BCUT2D eigenvalue weighted by Crippen LogP contribution is -2.32. The highest BCUT2D eigenvalue weighted by Crippen LogP contribution is 2.19. The van der Waals surface area contributed by atoms with Gasteiger partial charge in [0.25, 0.3) is 5.91 Å². The van der Waals surface area contributed by atoms with Crippen molar-refractivity contribution in [2.75, 3.05) is 12.4 Å². The van der Waals surface area contributed by atoms with Crippen molar-refractivity contribution in [2.24, 2.45) is 0 Å². The van der Waals surface area contributed by atoms with Gasteiger partial charge in [-0.25, -0.2) is 4.79 Å². The van der Waals surface area contributed by atoms with Crippen molar-refractivity contribution in [3.8, 4) is 11.5 Å². The van der Waals surface area contributed by atoms with E-state index in [4.69, 9.17) is 14.6 Å². The average molecular weight is 329 g/mol. The molecule has 1 amide bonds. The lowest BCUT2D eigenvalue weighted by Gasteiger charge is -2.17. The van der Waals surface area contributed by atoms with Crippen molar-refractivity contribution in [1.29, 1.82) is 0 Å². The number of rotatable bonds is 7. The molecular formula is C18H19NO5. The molecule has 126 valence electrons. The predicted molar refractivity (Wildman–Crippen MR) is 89.7 cm³/mol. The van der Waals surface area contributed by atoms with Gasteiger partial charge in [-0.05, 0) is 55.0 Å². The fourth-order valence-electron chi connectivity index (χ4n) is 2.06. The summed E-state index contributed by atoms with van der Waals surface area (Å²) in [5.74, 6) is -0.0315. The normalized spacial score (nSPS) is 11.4. The number of carbonyl (C=O) groups is 2. The first kappa shape index (κ1) is 17.3. The third-order valence-corrected chi connectivity index (χ3v) is 3.40. The van der Waals surface area contributed by atoms with Crippen molar-refractivity contribution in [2.45, 2.75) is 19.4 Å². The van der Waals surface area contributed by atoms with E-state index in [1.807, 2.05) is 6.92 Å². The van der Waals surface area contributed by atoms with Crippen molar-refractivity contribution in [1.82, 2.24) is 0 Å². The molecule has 2 aromatic carbocycles. The van der Waals surface area contributed by atoms with E-state index < -0.39 is 12.1 Å². The first-order valence-electron chi connectivity index (χ1n) is 7.48. The fraction of sp³-hybridized carbons (Fsp3) is 0.222. The number of amides is 1. The standard InChI is InChI=1S/C18H19NO5/c1-3-16(24-15-10-8-14(23-2)9-11-15)17(20)19-13-6-4-12(5-7-13)18(21)22/h4-11,16H,3H2,1-2H3,(H,19,20)(H,21,22)/t16-/m0/s1. The van der Waals surface area contributed by atoms with Gasteiger partial charge in [0, 0.05) is 5.69 Å². The molecule has 2 rings (SSSR count). The van der Waals surface area contributed by atoms with E-state index in [2.05, 4.69) is 5.32 Å². The van der Waals surface area contributed by atoms with Gasteiger partial charge >= 0.3 is 5.97 Å². The van der Waals surface area contributed by atoms with Gasteiger partial charge < -0.3 is 19.9 Å².